The van der Waals surface area contributed by atoms with Crippen LogP contribution >= 0.6 is 0 Å². The smallest absolute Gasteiger partial charge is 0.325 e. The first-order valence-electron chi connectivity index (χ1n) is 3.84. The lowest BCUT2D eigenvalue weighted by Crippen LogP contribution is -2.20. The quantitative estimate of drug-likeness (QED) is 0.579. The molecule has 0 saturated carbocycles. The Hall–Kier alpha value is -2.06. The van der Waals surface area contributed by atoms with Gasteiger partial charge in [-0.3, -0.25) is 4.79 Å². The minimum atomic E-state index is -1.14. The van der Waals surface area contributed by atoms with Crippen LogP contribution in [0.15, 0.2) is 18.2 Å². The molecule has 1 aromatic carbocycles. The summed E-state index contributed by atoms with van der Waals surface area (Å²) >= 11 is 0. The molecule has 5 N–H and O–H groups in total. The first-order chi connectivity index (χ1) is 6.56. The number of rotatable bonds is 2. The Morgan fingerprint density at radius 1 is 1.57 bits per heavy atom. The third kappa shape index (κ3) is 1.81. The fraction of sp³-hybridized carbons (Fsp3) is 0.111. The van der Waals surface area contributed by atoms with Gasteiger partial charge in [0.1, 0.15) is 12.1 Å². The Kier molecular flexibility index (Phi) is 2.70. The SMILES string of the molecule is N#Cc1cc([C@@H](N)C(=O)O)ccc1N. The third-order valence-electron chi connectivity index (χ3n) is 1.82. The zero-order valence-electron chi connectivity index (χ0n) is 7.27. The van der Waals surface area contributed by atoms with Crippen LogP contribution in [0.5, 0.6) is 0 Å². The van der Waals surface area contributed by atoms with Gasteiger partial charge < -0.3 is 16.6 Å². The number of carboxylic acids is 1. The Morgan fingerprint density at radius 3 is 2.71 bits per heavy atom. The summed E-state index contributed by atoms with van der Waals surface area (Å²) in [6, 6.07) is 5.08. The van der Waals surface area contributed by atoms with Gasteiger partial charge in [-0.25, -0.2) is 0 Å². The van der Waals surface area contributed by atoms with Crippen molar-refractivity contribution in [1.29, 1.82) is 5.26 Å². The number of nitrogens with zero attached hydrogens (tertiary/aromatic N) is 1. The summed E-state index contributed by atoms with van der Waals surface area (Å²) in [4.78, 5) is 10.5. The van der Waals surface area contributed by atoms with Crippen LogP contribution in [0.4, 0.5) is 5.69 Å². The molecule has 5 heteroatoms. The maximum atomic E-state index is 10.5. The molecule has 0 fully saturated rings. The van der Waals surface area contributed by atoms with Gasteiger partial charge in [-0.05, 0) is 17.7 Å². The molecule has 0 spiro atoms. The number of hydrogen-bond acceptors (Lipinski definition) is 4. The molecule has 0 amide bonds. The molecule has 0 saturated heterocycles. The van der Waals surface area contributed by atoms with Crippen molar-refractivity contribution in [3.8, 4) is 6.07 Å². The van der Waals surface area contributed by atoms with Crippen LogP contribution in [-0.4, -0.2) is 11.1 Å². The van der Waals surface area contributed by atoms with Gasteiger partial charge in [0.25, 0.3) is 0 Å². The molecule has 1 rings (SSSR count). The molecule has 0 aliphatic carbocycles. The minimum absolute atomic E-state index is 0.235. The van der Waals surface area contributed by atoms with E-state index in [2.05, 4.69) is 0 Å². The summed E-state index contributed by atoms with van der Waals surface area (Å²) < 4.78 is 0. The van der Waals surface area contributed by atoms with Crippen LogP contribution in [-0.2, 0) is 4.79 Å². The topological polar surface area (TPSA) is 113 Å². The molecule has 1 aromatic rings. The highest BCUT2D eigenvalue weighted by Crippen LogP contribution is 2.17. The van der Waals surface area contributed by atoms with Crippen molar-refractivity contribution in [3.05, 3.63) is 29.3 Å². The summed E-state index contributed by atoms with van der Waals surface area (Å²) in [5, 5.41) is 17.3. The van der Waals surface area contributed by atoms with E-state index in [0.29, 0.717) is 11.3 Å². The van der Waals surface area contributed by atoms with E-state index in [9.17, 15) is 4.79 Å². The molecule has 0 heterocycles. The predicted molar refractivity (Wildman–Crippen MR) is 50.1 cm³/mol. The number of anilines is 1. The predicted octanol–water partition coefficient (Wildman–Crippen LogP) is 0.225. The fourth-order valence-electron chi connectivity index (χ4n) is 1.01. The summed E-state index contributed by atoms with van der Waals surface area (Å²) in [7, 11) is 0. The minimum Gasteiger partial charge on any atom is -0.480 e. The molecule has 5 nitrogen and oxygen atoms in total. The highest BCUT2D eigenvalue weighted by atomic mass is 16.4. The van der Waals surface area contributed by atoms with Crippen LogP contribution in [0.1, 0.15) is 17.2 Å². The molecular formula is C9H9N3O2. The Balaban J connectivity index is 3.14. The van der Waals surface area contributed by atoms with Crippen molar-refractivity contribution < 1.29 is 9.90 Å². The van der Waals surface area contributed by atoms with Gasteiger partial charge in [0, 0.05) is 5.69 Å². The fourth-order valence-corrected chi connectivity index (χ4v) is 1.01. The maximum Gasteiger partial charge on any atom is 0.325 e. The lowest BCUT2D eigenvalue weighted by molar-refractivity contribution is -0.138. The van der Waals surface area contributed by atoms with Crippen LogP contribution in [0, 0.1) is 11.3 Å². The Labute approximate surface area is 80.6 Å². The van der Waals surface area contributed by atoms with Gasteiger partial charge in [0.2, 0.25) is 0 Å². The number of carboxylic acid groups (broad SMARTS) is 1. The number of hydrogen-bond donors (Lipinski definition) is 3. The second-order valence-corrected chi connectivity index (χ2v) is 2.77. The van der Waals surface area contributed by atoms with E-state index in [1.54, 1.807) is 0 Å². The highest BCUT2D eigenvalue weighted by molar-refractivity contribution is 5.76. The second-order valence-electron chi connectivity index (χ2n) is 2.77. The molecule has 72 valence electrons. The van der Waals surface area contributed by atoms with E-state index in [1.807, 2.05) is 6.07 Å². The zero-order valence-corrected chi connectivity index (χ0v) is 7.27. The van der Waals surface area contributed by atoms with E-state index in [0.717, 1.165) is 0 Å². The summed E-state index contributed by atoms with van der Waals surface area (Å²) in [6.45, 7) is 0. The lowest BCUT2D eigenvalue weighted by atomic mass is 10.0. The molecule has 14 heavy (non-hydrogen) atoms. The number of nitrogen functional groups attached to an aromatic ring is 1. The third-order valence-corrected chi connectivity index (χ3v) is 1.82. The Bertz CT molecular complexity index is 409. The molecule has 0 bridgehead atoms. The molecule has 0 aliphatic rings. The maximum absolute atomic E-state index is 10.5. The summed E-state index contributed by atoms with van der Waals surface area (Å²) in [5.74, 6) is -1.14. The number of nitriles is 1. The van der Waals surface area contributed by atoms with Crippen LogP contribution in [0.25, 0.3) is 0 Å². The number of aliphatic carboxylic acids is 1. The molecule has 0 radical (unpaired) electrons. The summed E-state index contributed by atoms with van der Waals surface area (Å²) in [5.41, 5.74) is 11.7. The normalized spacial score (nSPS) is 11.7. The lowest BCUT2D eigenvalue weighted by Gasteiger charge is -2.07. The van der Waals surface area contributed by atoms with Gasteiger partial charge in [-0.1, -0.05) is 6.07 Å². The largest absolute Gasteiger partial charge is 0.480 e. The first kappa shape index (κ1) is 10.0. The number of carbonyl (C=O) groups is 1. The highest BCUT2D eigenvalue weighted by Gasteiger charge is 2.14. The van der Waals surface area contributed by atoms with Crippen molar-refractivity contribution in [2.45, 2.75) is 6.04 Å². The van der Waals surface area contributed by atoms with Gasteiger partial charge >= 0.3 is 5.97 Å². The molecule has 1 atom stereocenters. The second kappa shape index (κ2) is 3.77. The van der Waals surface area contributed by atoms with Gasteiger partial charge in [-0.2, -0.15) is 5.26 Å². The van der Waals surface area contributed by atoms with E-state index in [-0.39, 0.29) is 5.56 Å². The van der Waals surface area contributed by atoms with Crippen LogP contribution < -0.4 is 11.5 Å². The number of nitrogens with two attached hydrogens (primary N) is 2. The van der Waals surface area contributed by atoms with Crippen LogP contribution in [0.2, 0.25) is 0 Å². The van der Waals surface area contributed by atoms with Crippen molar-refractivity contribution in [2.75, 3.05) is 5.73 Å². The van der Waals surface area contributed by atoms with Crippen molar-refractivity contribution in [3.63, 3.8) is 0 Å². The van der Waals surface area contributed by atoms with Gasteiger partial charge in [0.15, 0.2) is 0 Å². The van der Waals surface area contributed by atoms with Gasteiger partial charge in [0.05, 0.1) is 5.56 Å². The van der Waals surface area contributed by atoms with Crippen LogP contribution in [0.3, 0.4) is 0 Å². The van der Waals surface area contributed by atoms with Gasteiger partial charge in [-0.15, -0.1) is 0 Å². The standard InChI is InChI=1S/C9H9N3O2/c10-4-6-3-5(1-2-7(6)11)8(12)9(13)14/h1-3,8H,11-12H2,(H,13,14)/t8-/m1/s1. The number of benzene rings is 1. The van der Waals surface area contributed by atoms with Crippen molar-refractivity contribution in [1.82, 2.24) is 0 Å². The Morgan fingerprint density at radius 2 is 2.21 bits per heavy atom. The molecular weight excluding hydrogens is 182 g/mol. The van der Waals surface area contributed by atoms with Crippen molar-refractivity contribution >= 4 is 11.7 Å². The molecule has 0 aliphatic heterocycles. The van der Waals surface area contributed by atoms with Crippen molar-refractivity contribution in [2.24, 2.45) is 5.73 Å². The average Bonchev–Trinajstić information content (AvgIpc) is 2.17. The average molecular weight is 191 g/mol. The van der Waals surface area contributed by atoms with E-state index >= 15 is 0 Å². The summed E-state index contributed by atoms with van der Waals surface area (Å²) in [6.07, 6.45) is 0. The molecule has 0 unspecified atom stereocenters. The van der Waals surface area contributed by atoms with E-state index in [4.69, 9.17) is 21.8 Å². The van der Waals surface area contributed by atoms with E-state index < -0.39 is 12.0 Å². The molecule has 0 aromatic heterocycles. The first-order valence-corrected chi connectivity index (χ1v) is 3.84. The monoisotopic (exact) mass is 191 g/mol. The zero-order chi connectivity index (χ0) is 10.7. The van der Waals surface area contributed by atoms with E-state index in [1.165, 1.54) is 18.2 Å².